The van der Waals surface area contributed by atoms with Crippen molar-refractivity contribution >= 4 is 106 Å². The van der Waals surface area contributed by atoms with E-state index in [2.05, 4.69) is 0 Å². The first-order valence-corrected chi connectivity index (χ1v) is 0. The van der Waals surface area contributed by atoms with E-state index in [9.17, 15) is 0 Å². The molecule has 0 nitrogen and oxygen atoms in total. The van der Waals surface area contributed by atoms with Gasteiger partial charge in [0.1, 0.15) is 0 Å². The predicted octanol–water partition coefficient (Wildman–Crippen LogP) is -1.52. The van der Waals surface area contributed by atoms with Gasteiger partial charge in [0.15, 0.2) is 0 Å². The van der Waals surface area contributed by atoms with E-state index in [1.807, 2.05) is 0 Å². The molecule has 0 rings (SSSR count). The monoisotopic (exact) mass is 217 g/mol. The van der Waals surface area contributed by atoms with Gasteiger partial charge in [0.25, 0.3) is 0 Å². The van der Waals surface area contributed by atoms with E-state index in [1.54, 1.807) is 0 Å². The molecule has 0 heterocycles. The molecule has 0 aromatic heterocycles. The Balaban J connectivity index is 0. The molecule has 0 unspecified atom stereocenters. The zero-order chi connectivity index (χ0) is 0. The molecular formula is BBaCaSi. The molecule has 0 aliphatic rings. The molecule has 0 atom stereocenters. The van der Waals surface area contributed by atoms with Crippen LogP contribution in [0.25, 0.3) is 0 Å². The molecule has 4 heteroatoms. The van der Waals surface area contributed by atoms with Gasteiger partial charge in [-0.3, -0.25) is 0 Å². The maximum atomic E-state index is 0. The van der Waals surface area contributed by atoms with Crippen molar-refractivity contribution < 1.29 is 0 Å². The molecule has 0 aromatic carbocycles. The summed E-state index contributed by atoms with van der Waals surface area (Å²) in [6.07, 6.45) is 0. The molecule has 0 aliphatic carbocycles. The Hall–Kier alpha value is 3.11. The van der Waals surface area contributed by atoms with Gasteiger partial charge in [0.05, 0.1) is 0 Å². The summed E-state index contributed by atoms with van der Waals surface area (Å²) < 4.78 is 0. The minimum absolute atomic E-state index is 0. The molecule has 11 valence electrons. The Kier molecular flexibility index (Phi) is 113. The Morgan fingerprint density at radius 2 is 1.00 bits per heavy atom. The van der Waals surface area contributed by atoms with E-state index >= 15 is 0 Å². The van der Waals surface area contributed by atoms with Crippen LogP contribution in [-0.4, -0.2) is 106 Å². The van der Waals surface area contributed by atoms with Crippen molar-refractivity contribution in [2.24, 2.45) is 0 Å². The quantitative estimate of drug-likeness (QED) is 0.431. The normalized spacial score (nSPS) is 0. The zero-order valence-electron chi connectivity index (χ0n) is 2.49. The van der Waals surface area contributed by atoms with Crippen LogP contribution in [-0.2, 0) is 0 Å². The van der Waals surface area contributed by atoms with E-state index in [0.717, 1.165) is 0 Å². The number of rotatable bonds is 0. The average molecular weight is 216 g/mol. The van der Waals surface area contributed by atoms with Crippen LogP contribution in [0, 0.1) is 0 Å². The van der Waals surface area contributed by atoms with Crippen LogP contribution in [0.15, 0.2) is 0 Å². The third kappa shape index (κ3) is 8.93. The molecule has 0 aliphatic heterocycles. The van der Waals surface area contributed by atoms with Gasteiger partial charge < -0.3 is 0 Å². The van der Waals surface area contributed by atoms with E-state index < -0.39 is 0 Å². The smallest absolute Gasteiger partial charge is 0 e. The number of hydrogen-bond donors (Lipinski definition) is 0. The van der Waals surface area contributed by atoms with Gasteiger partial charge in [-0.1, -0.05) is 0 Å². The number of hydrogen-bond acceptors (Lipinski definition) is 0. The minimum Gasteiger partial charge on any atom is 0 e. The Morgan fingerprint density at radius 1 is 1.00 bits per heavy atom. The summed E-state index contributed by atoms with van der Waals surface area (Å²) >= 11 is 0. The van der Waals surface area contributed by atoms with Crippen LogP contribution in [0.3, 0.4) is 0 Å². The molecule has 0 saturated carbocycles. The summed E-state index contributed by atoms with van der Waals surface area (Å²) in [4.78, 5) is 0. The van der Waals surface area contributed by atoms with Crippen molar-refractivity contribution in [2.45, 2.75) is 0 Å². The molecule has 0 N–H and O–H groups in total. The third-order valence-corrected chi connectivity index (χ3v) is 0. The maximum Gasteiger partial charge on any atom is 0 e. The summed E-state index contributed by atoms with van der Waals surface area (Å²) in [6, 6.07) is 0. The second-order valence-electron chi connectivity index (χ2n) is 0. The van der Waals surface area contributed by atoms with Gasteiger partial charge in [-0.05, 0) is 0 Å². The minimum atomic E-state index is 0. The first kappa shape index (κ1) is 27.4. The Labute approximate surface area is 103 Å². The van der Waals surface area contributed by atoms with Crippen molar-refractivity contribution in [1.82, 2.24) is 0 Å². The van der Waals surface area contributed by atoms with Crippen molar-refractivity contribution in [3.05, 3.63) is 0 Å². The van der Waals surface area contributed by atoms with E-state index in [-0.39, 0.29) is 106 Å². The van der Waals surface area contributed by atoms with Crippen LogP contribution in [0.4, 0.5) is 0 Å². The fourth-order valence-corrected chi connectivity index (χ4v) is 0. The van der Waals surface area contributed by atoms with Crippen LogP contribution in [0.5, 0.6) is 0 Å². The first-order valence-electron chi connectivity index (χ1n) is 0. The van der Waals surface area contributed by atoms with Crippen LogP contribution >= 0.6 is 0 Å². The van der Waals surface area contributed by atoms with Crippen molar-refractivity contribution in [1.29, 1.82) is 0 Å². The molecule has 0 spiro atoms. The molecule has 0 aromatic rings. The summed E-state index contributed by atoms with van der Waals surface area (Å²) in [5.74, 6) is 0. The predicted molar refractivity (Wildman–Crippen MR) is 23.0 cm³/mol. The molecule has 0 saturated heterocycles. The van der Waals surface area contributed by atoms with Gasteiger partial charge in [-0.15, -0.1) is 0 Å². The second-order valence-corrected chi connectivity index (χ2v) is 0. The summed E-state index contributed by atoms with van der Waals surface area (Å²) in [7, 11) is 0. The summed E-state index contributed by atoms with van der Waals surface area (Å²) in [5.41, 5.74) is 0. The average Bonchev–Trinajstić information content (AvgIpc) is 0. The van der Waals surface area contributed by atoms with Gasteiger partial charge in [0.2, 0.25) is 0 Å². The maximum absolute atomic E-state index is 0. The fourth-order valence-electron chi connectivity index (χ4n) is 0. The molecule has 0 fully saturated rings. The molecule has 11 radical (unpaired) electrons. The summed E-state index contributed by atoms with van der Waals surface area (Å²) in [6.45, 7) is 0. The standard InChI is InChI=1S/B.Ba.Ca.Si. The SMILES string of the molecule is [B].[Ba].[Ca].[Si]. The summed E-state index contributed by atoms with van der Waals surface area (Å²) in [5, 5.41) is 0. The first-order chi connectivity index (χ1) is 0. The molecule has 0 amide bonds. The van der Waals surface area contributed by atoms with E-state index in [1.165, 1.54) is 0 Å². The molecule has 4 heavy (non-hydrogen) atoms. The van der Waals surface area contributed by atoms with E-state index in [0.29, 0.717) is 0 Å². The van der Waals surface area contributed by atoms with Gasteiger partial charge in [0, 0.05) is 106 Å². The van der Waals surface area contributed by atoms with Crippen molar-refractivity contribution in [3.8, 4) is 0 Å². The largest absolute Gasteiger partial charge is 0 e. The molecular weight excluding hydrogens is 216 g/mol. The van der Waals surface area contributed by atoms with E-state index in [4.69, 9.17) is 0 Å². The second kappa shape index (κ2) is 16.5. The fraction of sp³-hybridized carbons (Fsp3) is 0. The van der Waals surface area contributed by atoms with Gasteiger partial charge in [-0.2, -0.15) is 0 Å². The van der Waals surface area contributed by atoms with Crippen LogP contribution in [0.1, 0.15) is 0 Å². The van der Waals surface area contributed by atoms with Crippen LogP contribution < -0.4 is 0 Å². The van der Waals surface area contributed by atoms with Gasteiger partial charge >= 0.3 is 0 Å². The van der Waals surface area contributed by atoms with Crippen molar-refractivity contribution in [3.63, 3.8) is 0 Å². The zero-order valence-corrected chi connectivity index (χ0v) is 10.1. The third-order valence-electron chi connectivity index (χ3n) is 0. The topological polar surface area (TPSA) is 0 Å². The van der Waals surface area contributed by atoms with Gasteiger partial charge in [-0.25, -0.2) is 0 Å². The van der Waals surface area contributed by atoms with Crippen LogP contribution in [0.2, 0.25) is 0 Å². The van der Waals surface area contributed by atoms with Crippen molar-refractivity contribution in [2.75, 3.05) is 0 Å². The molecule has 0 bridgehead atoms. The Morgan fingerprint density at radius 3 is 1.00 bits per heavy atom. The Bertz CT molecular complexity index is 8.00.